The van der Waals surface area contributed by atoms with Crippen molar-refractivity contribution in [2.75, 3.05) is 18.1 Å². The maximum atomic E-state index is 12.2. The first-order valence-corrected chi connectivity index (χ1v) is 8.46. The maximum Gasteiger partial charge on any atom is 0.340 e. The van der Waals surface area contributed by atoms with E-state index in [1.165, 1.54) is 25.6 Å². The van der Waals surface area contributed by atoms with E-state index < -0.39 is 16.0 Å². The molecule has 8 heteroatoms. The third kappa shape index (κ3) is 3.87. The van der Waals surface area contributed by atoms with Gasteiger partial charge in [0.1, 0.15) is 22.0 Å². The lowest BCUT2D eigenvalue weighted by molar-refractivity contribution is 0.0691. The Bertz CT molecular complexity index is 604. The van der Waals surface area contributed by atoms with Crippen LogP contribution in [0.25, 0.3) is 0 Å². The zero-order valence-corrected chi connectivity index (χ0v) is 12.9. The molecule has 112 valence electrons. The van der Waals surface area contributed by atoms with Gasteiger partial charge in [-0.05, 0) is 13.8 Å². The largest absolute Gasteiger partial charge is 0.478 e. The second-order valence-electron chi connectivity index (χ2n) is 3.99. The number of aromatic carboxylic acids is 1. The average molecular weight is 319 g/mol. The highest BCUT2D eigenvalue weighted by Crippen LogP contribution is 2.26. The van der Waals surface area contributed by atoms with Gasteiger partial charge in [-0.3, -0.25) is 0 Å². The van der Waals surface area contributed by atoms with Crippen LogP contribution in [-0.2, 0) is 10.0 Å². The van der Waals surface area contributed by atoms with Crippen molar-refractivity contribution >= 4 is 27.8 Å². The van der Waals surface area contributed by atoms with Crippen molar-refractivity contribution in [1.82, 2.24) is 4.72 Å². The van der Waals surface area contributed by atoms with E-state index in [-0.39, 0.29) is 28.5 Å². The summed E-state index contributed by atoms with van der Waals surface area (Å²) in [7, 11) is -3.90. The van der Waals surface area contributed by atoms with Crippen LogP contribution in [0.15, 0.2) is 22.0 Å². The van der Waals surface area contributed by atoms with Gasteiger partial charge in [-0.2, -0.15) is 11.8 Å². The molecule has 1 rings (SSSR count). The van der Waals surface area contributed by atoms with Crippen molar-refractivity contribution in [3.05, 3.63) is 29.7 Å². The Morgan fingerprint density at radius 3 is 2.65 bits per heavy atom. The smallest absolute Gasteiger partial charge is 0.340 e. The number of carboxylic acid groups (broad SMARTS) is 1. The van der Waals surface area contributed by atoms with E-state index in [1.54, 1.807) is 6.08 Å². The van der Waals surface area contributed by atoms with Crippen molar-refractivity contribution < 1.29 is 22.7 Å². The lowest BCUT2D eigenvalue weighted by atomic mass is 10.2. The first-order valence-electron chi connectivity index (χ1n) is 5.82. The normalized spacial score (nSPS) is 11.5. The molecule has 0 aliphatic heterocycles. The van der Waals surface area contributed by atoms with Gasteiger partial charge in [-0.1, -0.05) is 6.08 Å². The molecule has 6 nitrogen and oxygen atoms in total. The Labute approximate surface area is 122 Å². The van der Waals surface area contributed by atoms with E-state index in [2.05, 4.69) is 11.3 Å². The molecule has 0 atom stereocenters. The Hall–Kier alpha value is -1.25. The van der Waals surface area contributed by atoms with Crippen molar-refractivity contribution in [3.63, 3.8) is 0 Å². The number of sulfonamides is 1. The second-order valence-corrected chi connectivity index (χ2v) is 6.84. The van der Waals surface area contributed by atoms with Crippen LogP contribution in [0.1, 0.15) is 21.9 Å². The summed E-state index contributed by atoms with van der Waals surface area (Å²) in [6.45, 7) is 6.63. The number of aryl methyl sites for hydroxylation is 2. The van der Waals surface area contributed by atoms with Gasteiger partial charge in [0, 0.05) is 18.1 Å². The van der Waals surface area contributed by atoms with Crippen molar-refractivity contribution in [1.29, 1.82) is 0 Å². The highest BCUT2D eigenvalue weighted by molar-refractivity contribution is 7.99. The molecule has 0 aromatic carbocycles. The molecule has 0 bridgehead atoms. The third-order valence-electron chi connectivity index (χ3n) is 2.46. The molecule has 1 aromatic rings. The molecule has 1 aromatic heterocycles. The summed E-state index contributed by atoms with van der Waals surface area (Å²) in [6.07, 6.45) is 1.73. The van der Waals surface area contributed by atoms with Gasteiger partial charge in [0.2, 0.25) is 10.0 Å². The standard InChI is InChI=1S/C12H17NO5S2/c1-4-6-19-7-5-13-20(16,17)11-9(3)18-8(2)10(11)12(14)15/h4,13H,1,5-7H2,2-3H3,(H,14,15). The Kier molecular flexibility index (Phi) is 5.85. The monoisotopic (exact) mass is 319 g/mol. The van der Waals surface area contributed by atoms with Gasteiger partial charge in [0.15, 0.2) is 0 Å². The minimum atomic E-state index is -3.90. The van der Waals surface area contributed by atoms with Gasteiger partial charge in [0.25, 0.3) is 0 Å². The van der Waals surface area contributed by atoms with Crippen LogP contribution in [-0.4, -0.2) is 37.5 Å². The highest BCUT2D eigenvalue weighted by atomic mass is 32.2. The first kappa shape index (κ1) is 16.8. The van der Waals surface area contributed by atoms with E-state index in [0.717, 1.165) is 5.75 Å². The van der Waals surface area contributed by atoms with Gasteiger partial charge < -0.3 is 9.52 Å². The summed E-state index contributed by atoms with van der Waals surface area (Å²) in [5.74, 6) is 0.137. The number of carboxylic acids is 1. The molecule has 0 saturated heterocycles. The van der Waals surface area contributed by atoms with Crippen molar-refractivity contribution in [2.24, 2.45) is 0 Å². The molecule has 0 aliphatic carbocycles. The highest BCUT2D eigenvalue weighted by Gasteiger charge is 2.30. The maximum absolute atomic E-state index is 12.2. The van der Waals surface area contributed by atoms with E-state index in [1.807, 2.05) is 0 Å². The fraction of sp³-hybridized carbons (Fsp3) is 0.417. The van der Waals surface area contributed by atoms with Gasteiger partial charge in [0.05, 0.1) is 0 Å². The van der Waals surface area contributed by atoms with Gasteiger partial charge in [-0.15, -0.1) is 6.58 Å². The second kappa shape index (κ2) is 6.96. The fourth-order valence-electron chi connectivity index (χ4n) is 1.72. The molecular formula is C12H17NO5S2. The lowest BCUT2D eigenvalue weighted by Gasteiger charge is -2.06. The van der Waals surface area contributed by atoms with Gasteiger partial charge in [-0.25, -0.2) is 17.9 Å². The summed E-state index contributed by atoms with van der Waals surface area (Å²) < 4.78 is 31.8. The molecule has 0 aliphatic rings. The molecule has 0 fully saturated rings. The summed E-state index contributed by atoms with van der Waals surface area (Å²) in [5.41, 5.74) is -0.311. The summed E-state index contributed by atoms with van der Waals surface area (Å²) in [6, 6.07) is 0. The van der Waals surface area contributed by atoms with Crippen molar-refractivity contribution in [3.8, 4) is 0 Å². The molecule has 0 unspecified atom stereocenters. The molecule has 0 amide bonds. The van der Waals surface area contributed by atoms with E-state index in [9.17, 15) is 13.2 Å². The zero-order chi connectivity index (χ0) is 15.3. The van der Waals surface area contributed by atoms with Crippen LogP contribution in [0.5, 0.6) is 0 Å². The molecule has 0 radical (unpaired) electrons. The quantitative estimate of drug-likeness (QED) is 0.560. The minimum absolute atomic E-state index is 0.0751. The van der Waals surface area contributed by atoms with Crippen LogP contribution in [0.4, 0.5) is 0 Å². The number of thioether (sulfide) groups is 1. The number of hydrogen-bond acceptors (Lipinski definition) is 5. The lowest BCUT2D eigenvalue weighted by Crippen LogP contribution is -2.27. The average Bonchev–Trinajstić information content (AvgIpc) is 2.64. The molecule has 0 spiro atoms. The number of nitrogens with one attached hydrogen (secondary N) is 1. The van der Waals surface area contributed by atoms with Gasteiger partial charge >= 0.3 is 5.97 Å². The van der Waals surface area contributed by atoms with Crippen LogP contribution in [0.3, 0.4) is 0 Å². The molecular weight excluding hydrogens is 302 g/mol. The summed E-state index contributed by atoms with van der Waals surface area (Å²) >= 11 is 1.52. The first-order chi connectivity index (χ1) is 9.31. The Balaban J connectivity index is 2.93. The number of furan rings is 1. The zero-order valence-electron chi connectivity index (χ0n) is 11.3. The number of carbonyl (C=O) groups is 1. The molecule has 0 saturated carbocycles. The molecule has 1 heterocycles. The van der Waals surface area contributed by atoms with Crippen molar-refractivity contribution in [2.45, 2.75) is 18.7 Å². The minimum Gasteiger partial charge on any atom is -0.478 e. The van der Waals surface area contributed by atoms with E-state index in [0.29, 0.717) is 5.75 Å². The van der Waals surface area contributed by atoms with Crippen LogP contribution < -0.4 is 4.72 Å². The Morgan fingerprint density at radius 2 is 2.10 bits per heavy atom. The van der Waals surface area contributed by atoms with Crippen LogP contribution >= 0.6 is 11.8 Å². The summed E-state index contributed by atoms with van der Waals surface area (Å²) in [5, 5.41) is 9.10. The fourth-order valence-corrected chi connectivity index (χ4v) is 3.87. The van der Waals surface area contributed by atoms with Crippen LogP contribution in [0.2, 0.25) is 0 Å². The predicted octanol–water partition coefficient (Wildman–Crippen LogP) is 1.79. The van der Waals surface area contributed by atoms with E-state index in [4.69, 9.17) is 9.52 Å². The number of rotatable bonds is 8. The van der Waals surface area contributed by atoms with Crippen LogP contribution in [0, 0.1) is 13.8 Å². The Morgan fingerprint density at radius 1 is 1.45 bits per heavy atom. The molecule has 2 N–H and O–H groups in total. The number of hydrogen-bond donors (Lipinski definition) is 2. The van der Waals surface area contributed by atoms with E-state index >= 15 is 0 Å². The summed E-state index contributed by atoms with van der Waals surface area (Å²) in [4.78, 5) is 10.9. The predicted molar refractivity (Wildman–Crippen MR) is 77.9 cm³/mol. The SMILES string of the molecule is C=CCSCCNS(=O)(=O)c1c(C)oc(C)c1C(=O)O. The topological polar surface area (TPSA) is 96.6 Å². The molecule has 20 heavy (non-hydrogen) atoms. The third-order valence-corrected chi connectivity index (χ3v) is 5.04.